The van der Waals surface area contributed by atoms with Gasteiger partial charge in [0.15, 0.2) is 0 Å². The van der Waals surface area contributed by atoms with E-state index in [1.54, 1.807) is 0 Å². The van der Waals surface area contributed by atoms with Crippen molar-refractivity contribution in [2.45, 2.75) is 26.7 Å². The van der Waals surface area contributed by atoms with Crippen LogP contribution in [0, 0.1) is 5.92 Å². The van der Waals surface area contributed by atoms with Crippen molar-refractivity contribution in [3.63, 3.8) is 0 Å². The third-order valence-electron chi connectivity index (χ3n) is 4.16. The largest absolute Gasteiger partial charge is 0.493 e. The molecule has 2 aliphatic rings. The van der Waals surface area contributed by atoms with Gasteiger partial charge in [0.05, 0.1) is 19.3 Å². The van der Waals surface area contributed by atoms with Gasteiger partial charge in [0.2, 0.25) is 0 Å². The van der Waals surface area contributed by atoms with Gasteiger partial charge >= 0.3 is 5.97 Å². The molecule has 0 aromatic heterocycles. The zero-order valence-electron chi connectivity index (χ0n) is 15.3. The van der Waals surface area contributed by atoms with Crippen LogP contribution in [0.5, 0.6) is 0 Å². The van der Waals surface area contributed by atoms with Crippen LogP contribution >= 0.6 is 0 Å². The van der Waals surface area contributed by atoms with Gasteiger partial charge in [-0.05, 0) is 50.5 Å². The Kier molecular flexibility index (Phi) is 6.87. The number of hydrogen-bond acceptors (Lipinski definition) is 4. The van der Waals surface area contributed by atoms with Gasteiger partial charge in [0.25, 0.3) is 0 Å². The SMILES string of the molecule is C=CC1=C(C=C(C)C)OCCC1CNC1=C(C(=O)OC)C=CCC=C1. The molecule has 4 heteroatoms. The molecule has 4 nitrogen and oxygen atoms in total. The molecule has 1 atom stereocenters. The van der Waals surface area contributed by atoms with Crippen molar-refractivity contribution < 1.29 is 14.3 Å². The van der Waals surface area contributed by atoms with E-state index in [1.807, 2.05) is 30.4 Å². The molecule has 134 valence electrons. The van der Waals surface area contributed by atoms with E-state index in [0.29, 0.717) is 18.7 Å². The molecule has 0 saturated carbocycles. The Bertz CT molecular complexity index is 673. The van der Waals surface area contributed by atoms with Gasteiger partial charge in [-0.15, -0.1) is 0 Å². The summed E-state index contributed by atoms with van der Waals surface area (Å²) in [5.74, 6) is 0.845. The van der Waals surface area contributed by atoms with Crippen LogP contribution in [0.3, 0.4) is 0 Å². The summed E-state index contributed by atoms with van der Waals surface area (Å²) in [4.78, 5) is 12.0. The first-order chi connectivity index (χ1) is 12.1. The van der Waals surface area contributed by atoms with Gasteiger partial charge in [-0.2, -0.15) is 0 Å². The summed E-state index contributed by atoms with van der Waals surface area (Å²) in [5.41, 5.74) is 3.64. The van der Waals surface area contributed by atoms with Crippen molar-refractivity contribution in [3.05, 3.63) is 71.2 Å². The highest BCUT2D eigenvalue weighted by Crippen LogP contribution is 2.28. The quantitative estimate of drug-likeness (QED) is 0.743. The molecule has 0 bridgehead atoms. The van der Waals surface area contributed by atoms with E-state index >= 15 is 0 Å². The standard InChI is InChI=1S/C21H27NO3/c1-5-17-16(11-12-25-20(17)13-15(2)3)14-22-19-10-8-6-7-9-18(19)21(23)24-4/h5,7-10,13,16,22H,1,6,11-12,14H2,2-4H3. The lowest BCUT2D eigenvalue weighted by Crippen LogP contribution is -2.28. The molecule has 0 spiro atoms. The van der Waals surface area contributed by atoms with Crippen molar-refractivity contribution in [2.24, 2.45) is 5.92 Å². The summed E-state index contributed by atoms with van der Waals surface area (Å²) < 4.78 is 10.7. The van der Waals surface area contributed by atoms with Crippen LogP contribution in [0.15, 0.2) is 71.2 Å². The van der Waals surface area contributed by atoms with Crippen LogP contribution in [0.4, 0.5) is 0 Å². The summed E-state index contributed by atoms with van der Waals surface area (Å²) in [6, 6.07) is 0. The minimum atomic E-state index is -0.331. The topological polar surface area (TPSA) is 47.6 Å². The number of rotatable bonds is 6. The molecule has 25 heavy (non-hydrogen) atoms. The Morgan fingerprint density at radius 2 is 2.16 bits per heavy atom. The molecule has 0 radical (unpaired) electrons. The average Bonchev–Trinajstić information content (AvgIpc) is 2.84. The summed E-state index contributed by atoms with van der Waals surface area (Å²) in [6.07, 6.45) is 13.4. The van der Waals surface area contributed by atoms with E-state index in [2.05, 4.69) is 31.8 Å². The minimum Gasteiger partial charge on any atom is -0.493 e. The van der Waals surface area contributed by atoms with Crippen LogP contribution < -0.4 is 5.32 Å². The second-order valence-corrected chi connectivity index (χ2v) is 6.32. The van der Waals surface area contributed by atoms with Gasteiger partial charge in [0.1, 0.15) is 5.76 Å². The lowest BCUT2D eigenvalue weighted by Gasteiger charge is -2.27. The number of carbonyl (C=O) groups excluding carboxylic acids is 1. The third-order valence-corrected chi connectivity index (χ3v) is 4.16. The van der Waals surface area contributed by atoms with Crippen LogP contribution in [-0.4, -0.2) is 26.2 Å². The van der Waals surface area contributed by atoms with E-state index in [1.165, 1.54) is 12.7 Å². The fourth-order valence-corrected chi connectivity index (χ4v) is 2.92. The van der Waals surface area contributed by atoms with E-state index in [4.69, 9.17) is 9.47 Å². The molecule has 0 amide bonds. The van der Waals surface area contributed by atoms with E-state index < -0.39 is 0 Å². The monoisotopic (exact) mass is 341 g/mol. The Labute approximate surface area is 150 Å². The zero-order chi connectivity index (χ0) is 18.2. The average molecular weight is 341 g/mol. The van der Waals surface area contributed by atoms with Crippen LogP contribution in [0.1, 0.15) is 26.7 Å². The van der Waals surface area contributed by atoms with Crippen LogP contribution in [-0.2, 0) is 14.3 Å². The summed E-state index contributed by atoms with van der Waals surface area (Å²) >= 11 is 0. The number of hydrogen-bond donors (Lipinski definition) is 1. The van der Waals surface area contributed by atoms with E-state index in [9.17, 15) is 4.79 Å². The van der Waals surface area contributed by atoms with Gasteiger partial charge in [-0.3, -0.25) is 0 Å². The lowest BCUT2D eigenvalue weighted by molar-refractivity contribution is -0.135. The summed E-state index contributed by atoms with van der Waals surface area (Å²) in [7, 11) is 1.40. The Morgan fingerprint density at radius 1 is 1.40 bits per heavy atom. The first-order valence-electron chi connectivity index (χ1n) is 8.60. The fraction of sp³-hybridized carbons (Fsp3) is 0.381. The maximum absolute atomic E-state index is 12.0. The molecular weight excluding hydrogens is 314 g/mol. The molecule has 1 aliphatic heterocycles. The van der Waals surface area contributed by atoms with Crippen molar-refractivity contribution in [1.82, 2.24) is 5.32 Å². The molecule has 2 rings (SSSR count). The second kappa shape index (κ2) is 9.11. The number of esters is 1. The van der Waals surface area contributed by atoms with Gasteiger partial charge in [-0.1, -0.05) is 30.4 Å². The molecule has 1 aliphatic carbocycles. The van der Waals surface area contributed by atoms with E-state index in [0.717, 1.165) is 29.9 Å². The third kappa shape index (κ3) is 4.99. The molecular formula is C21H27NO3. The number of carbonyl (C=O) groups is 1. The van der Waals surface area contributed by atoms with Crippen LogP contribution in [0.25, 0.3) is 0 Å². The lowest BCUT2D eigenvalue weighted by atomic mass is 9.92. The van der Waals surface area contributed by atoms with E-state index in [-0.39, 0.29) is 11.9 Å². The fourth-order valence-electron chi connectivity index (χ4n) is 2.92. The van der Waals surface area contributed by atoms with Crippen molar-refractivity contribution in [1.29, 1.82) is 0 Å². The highest BCUT2D eigenvalue weighted by molar-refractivity contribution is 5.93. The molecule has 1 N–H and O–H groups in total. The maximum Gasteiger partial charge on any atom is 0.339 e. The minimum absolute atomic E-state index is 0.281. The molecule has 0 aromatic rings. The predicted molar refractivity (Wildman–Crippen MR) is 101 cm³/mol. The molecule has 1 heterocycles. The summed E-state index contributed by atoms with van der Waals surface area (Å²) in [6.45, 7) is 9.44. The highest BCUT2D eigenvalue weighted by atomic mass is 16.5. The second-order valence-electron chi connectivity index (χ2n) is 6.32. The Balaban J connectivity index is 2.22. The maximum atomic E-state index is 12.0. The summed E-state index contributed by atoms with van der Waals surface area (Å²) in [5, 5.41) is 3.42. The molecule has 0 saturated heterocycles. The molecule has 0 aromatic carbocycles. The van der Waals surface area contributed by atoms with Crippen molar-refractivity contribution in [2.75, 3.05) is 20.3 Å². The number of allylic oxidation sites excluding steroid dienone is 6. The number of nitrogens with one attached hydrogen (secondary N) is 1. The van der Waals surface area contributed by atoms with Crippen LogP contribution in [0.2, 0.25) is 0 Å². The first kappa shape index (κ1) is 18.8. The Hall–Kier alpha value is -2.49. The smallest absolute Gasteiger partial charge is 0.339 e. The van der Waals surface area contributed by atoms with Gasteiger partial charge in [0, 0.05) is 18.2 Å². The number of ether oxygens (including phenoxy) is 2. The Morgan fingerprint density at radius 3 is 2.84 bits per heavy atom. The molecule has 0 fully saturated rings. The van der Waals surface area contributed by atoms with Crippen molar-refractivity contribution >= 4 is 5.97 Å². The predicted octanol–water partition coefficient (Wildman–Crippen LogP) is 3.96. The normalized spacial score (nSPS) is 19.9. The molecule has 1 unspecified atom stereocenters. The van der Waals surface area contributed by atoms with Crippen molar-refractivity contribution in [3.8, 4) is 0 Å². The zero-order valence-corrected chi connectivity index (χ0v) is 15.3. The van der Waals surface area contributed by atoms with Gasteiger partial charge in [-0.25, -0.2) is 4.79 Å². The van der Waals surface area contributed by atoms with Gasteiger partial charge < -0.3 is 14.8 Å². The number of methoxy groups -OCH3 is 1. The first-order valence-corrected chi connectivity index (χ1v) is 8.60. The highest BCUT2D eigenvalue weighted by Gasteiger charge is 2.22.